The van der Waals surface area contributed by atoms with E-state index in [-0.39, 0.29) is 5.91 Å². The molecular weight excluding hydrogens is 354 g/mol. The Kier molecular flexibility index (Phi) is 5.48. The minimum atomic E-state index is -0.172. The lowest BCUT2D eigenvalue weighted by molar-refractivity contribution is 0.102. The summed E-state index contributed by atoms with van der Waals surface area (Å²) in [6.45, 7) is 4.36. The van der Waals surface area contributed by atoms with Gasteiger partial charge in [0.1, 0.15) is 0 Å². The summed E-state index contributed by atoms with van der Waals surface area (Å²) in [7, 11) is 0. The minimum absolute atomic E-state index is 0.172. The second-order valence-electron chi connectivity index (χ2n) is 5.25. The number of nitrogens with zero attached hydrogens (tertiary/aromatic N) is 1. The van der Waals surface area contributed by atoms with Crippen molar-refractivity contribution in [3.8, 4) is 11.3 Å². The van der Waals surface area contributed by atoms with Crippen molar-refractivity contribution in [2.75, 3.05) is 17.2 Å². The number of carbonyl (C=O) groups is 1. The van der Waals surface area contributed by atoms with Gasteiger partial charge in [-0.3, -0.25) is 4.79 Å². The van der Waals surface area contributed by atoms with E-state index < -0.39 is 0 Å². The number of hydrogen-bond donors (Lipinski definition) is 2. The third kappa shape index (κ3) is 4.47. The van der Waals surface area contributed by atoms with Crippen molar-refractivity contribution < 1.29 is 4.79 Å². The van der Waals surface area contributed by atoms with Gasteiger partial charge in [-0.1, -0.05) is 29.8 Å². The number of carbonyl (C=O) groups excluding carboxylic acids is 1. The molecule has 0 spiro atoms. The number of amides is 1. The van der Waals surface area contributed by atoms with Gasteiger partial charge in [-0.15, -0.1) is 17.9 Å². The first kappa shape index (κ1) is 17.2. The summed E-state index contributed by atoms with van der Waals surface area (Å²) in [5.41, 5.74) is 3.18. The van der Waals surface area contributed by atoms with Gasteiger partial charge in [-0.05, 0) is 36.4 Å². The van der Waals surface area contributed by atoms with Crippen molar-refractivity contribution >= 4 is 39.7 Å². The van der Waals surface area contributed by atoms with Crippen LogP contribution in [0.4, 0.5) is 10.8 Å². The fraction of sp³-hybridized carbons (Fsp3) is 0.0526. The van der Waals surface area contributed by atoms with E-state index in [0.717, 1.165) is 22.1 Å². The number of nitrogens with one attached hydrogen (secondary N) is 2. The average molecular weight is 370 g/mol. The lowest BCUT2D eigenvalue weighted by Crippen LogP contribution is -2.11. The highest BCUT2D eigenvalue weighted by Gasteiger charge is 2.07. The molecule has 2 N–H and O–H groups in total. The molecule has 1 amide bonds. The first-order chi connectivity index (χ1) is 12.2. The summed E-state index contributed by atoms with van der Waals surface area (Å²) in [4.78, 5) is 16.7. The van der Waals surface area contributed by atoms with E-state index in [1.54, 1.807) is 41.7 Å². The van der Waals surface area contributed by atoms with Crippen molar-refractivity contribution in [2.45, 2.75) is 0 Å². The Bertz CT molecular complexity index is 872. The van der Waals surface area contributed by atoms with E-state index >= 15 is 0 Å². The maximum atomic E-state index is 12.2. The largest absolute Gasteiger partial charge is 0.358 e. The molecule has 0 radical (unpaired) electrons. The fourth-order valence-electron chi connectivity index (χ4n) is 2.18. The van der Waals surface area contributed by atoms with E-state index in [9.17, 15) is 4.79 Å². The number of hydrogen-bond acceptors (Lipinski definition) is 4. The second kappa shape index (κ2) is 7.96. The van der Waals surface area contributed by atoms with Gasteiger partial charge in [0.15, 0.2) is 5.13 Å². The summed E-state index contributed by atoms with van der Waals surface area (Å²) in [6, 6.07) is 14.4. The van der Waals surface area contributed by atoms with Gasteiger partial charge in [0.05, 0.1) is 5.69 Å². The van der Waals surface area contributed by atoms with Crippen LogP contribution >= 0.6 is 22.9 Å². The van der Waals surface area contributed by atoms with Crippen LogP contribution in [0.3, 0.4) is 0 Å². The standard InChI is InChI=1S/C19H16ClN3OS/c1-2-11-21-19-23-17(12-25-19)13-5-9-16(10-6-13)22-18(24)14-3-7-15(20)8-4-14/h2-10,12H,1,11H2,(H,21,23)(H,22,24). The Morgan fingerprint density at radius 2 is 1.88 bits per heavy atom. The van der Waals surface area contributed by atoms with Crippen LogP contribution in [0.1, 0.15) is 10.4 Å². The molecule has 126 valence electrons. The van der Waals surface area contributed by atoms with Crippen LogP contribution in [-0.4, -0.2) is 17.4 Å². The van der Waals surface area contributed by atoms with Gasteiger partial charge in [0, 0.05) is 33.8 Å². The molecule has 0 atom stereocenters. The molecule has 3 rings (SSSR count). The molecule has 2 aromatic carbocycles. The Labute approximate surface area is 155 Å². The second-order valence-corrected chi connectivity index (χ2v) is 6.54. The van der Waals surface area contributed by atoms with Crippen LogP contribution in [-0.2, 0) is 0 Å². The molecule has 4 nitrogen and oxygen atoms in total. The Morgan fingerprint density at radius 1 is 1.16 bits per heavy atom. The van der Waals surface area contributed by atoms with Crippen molar-refractivity contribution in [3.63, 3.8) is 0 Å². The smallest absolute Gasteiger partial charge is 0.255 e. The molecule has 0 saturated heterocycles. The van der Waals surface area contributed by atoms with Crippen LogP contribution in [0.2, 0.25) is 5.02 Å². The number of halogens is 1. The van der Waals surface area contributed by atoms with Crippen LogP contribution in [0.5, 0.6) is 0 Å². The number of aromatic nitrogens is 1. The monoisotopic (exact) mass is 369 g/mol. The number of benzene rings is 2. The molecular formula is C19H16ClN3OS. The van der Waals surface area contributed by atoms with Crippen molar-refractivity contribution in [1.82, 2.24) is 4.98 Å². The highest BCUT2D eigenvalue weighted by molar-refractivity contribution is 7.14. The highest BCUT2D eigenvalue weighted by atomic mass is 35.5. The Hall–Kier alpha value is -2.63. The van der Waals surface area contributed by atoms with Gasteiger partial charge in [-0.2, -0.15) is 0 Å². The molecule has 3 aromatic rings. The lowest BCUT2D eigenvalue weighted by Gasteiger charge is -2.06. The van der Waals surface area contributed by atoms with Gasteiger partial charge >= 0.3 is 0 Å². The SMILES string of the molecule is C=CCNc1nc(-c2ccc(NC(=O)c3ccc(Cl)cc3)cc2)cs1. The zero-order chi connectivity index (χ0) is 17.6. The van der Waals surface area contributed by atoms with E-state index in [1.165, 1.54) is 0 Å². The van der Waals surface area contributed by atoms with E-state index in [4.69, 9.17) is 11.6 Å². The molecule has 0 fully saturated rings. The van der Waals surface area contributed by atoms with E-state index in [2.05, 4.69) is 22.2 Å². The zero-order valence-corrected chi connectivity index (χ0v) is 14.9. The number of anilines is 2. The number of rotatable bonds is 6. The van der Waals surface area contributed by atoms with Crippen LogP contribution in [0.15, 0.2) is 66.6 Å². The third-order valence-corrected chi connectivity index (χ3v) is 4.50. The molecule has 6 heteroatoms. The maximum Gasteiger partial charge on any atom is 0.255 e. The molecule has 25 heavy (non-hydrogen) atoms. The predicted octanol–water partition coefficient (Wildman–Crippen LogP) is 5.31. The molecule has 0 aliphatic carbocycles. The van der Waals surface area contributed by atoms with E-state index in [1.807, 2.05) is 29.6 Å². The van der Waals surface area contributed by atoms with Crippen molar-refractivity contribution in [3.05, 3.63) is 77.2 Å². The minimum Gasteiger partial charge on any atom is -0.358 e. The Morgan fingerprint density at radius 3 is 2.56 bits per heavy atom. The molecule has 0 aliphatic heterocycles. The van der Waals surface area contributed by atoms with Crippen molar-refractivity contribution in [1.29, 1.82) is 0 Å². The summed E-state index contributed by atoms with van der Waals surface area (Å²) in [5, 5.41) is 9.49. The first-order valence-corrected chi connectivity index (χ1v) is 8.89. The average Bonchev–Trinajstić information content (AvgIpc) is 3.10. The first-order valence-electron chi connectivity index (χ1n) is 7.63. The topological polar surface area (TPSA) is 54.0 Å². The summed E-state index contributed by atoms with van der Waals surface area (Å²) >= 11 is 7.38. The van der Waals surface area contributed by atoms with Crippen molar-refractivity contribution in [2.24, 2.45) is 0 Å². The van der Waals surface area contributed by atoms with Gasteiger partial charge in [-0.25, -0.2) is 4.98 Å². The van der Waals surface area contributed by atoms with Crippen LogP contribution in [0.25, 0.3) is 11.3 Å². The van der Waals surface area contributed by atoms with Gasteiger partial charge in [0.25, 0.3) is 5.91 Å². The van der Waals surface area contributed by atoms with Gasteiger partial charge < -0.3 is 10.6 Å². The Balaban J connectivity index is 1.67. The summed E-state index contributed by atoms with van der Waals surface area (Å²) < 4.78 is 0. The van der Waals surface area contributed by atoms with Crippen LogP contribution in [0, 0.1) is 0 Å². The summed E-state index contributed by atoms with van der Waals surface area (Å²) in [6.07, 6.45) is 1.79. The summed E-state index contributed by atoms with van der Waals surface area (Å²) in [5.74, 6) is -0.172. The normalized spacial score (nSPS) is 10.3. The fourth-order valence-corrected chi connectivity index (χ4v) is 3.03. The molecule has 0 aliphatic rings. The molecule has 1 heterocycles. The maximum absolute atomic E-state index is 12.2. The molecule has 1 aromatic heterocycles. The lowest BCUT2D eigenvalue weighted by atomic mass is 10.1. The van der Waals surface area contributed by atoms with Gasteiger partial charge in [0.2, 0.25) is 0 Å². The third-order valence-electron chi connectivity index (χ3n) is 3.45. The van der Waals surface area contributed by atoms with E-state index in [0.29, 0.717) is 17.1 Å². The predicted molar refractivity (Wildman–Crippen MR) is 106 cm³/mol. The van der Waals surface area contributed by atoms with Crippen LogP contribution < -0.4 is 10.6 Å². The quantitative estimate of drug-likeness (QED) is 0.578. The molecule has 0 unspecified atom stereocenters. The number of thiazole rings is 1. The zero-order valence-electron chi connectivity index (χ0n) is 13.3. The molecule has 0 bridgehead atoms. The molecule has 0 saturated carbocycles. The highest BCUT2D eigenvalue weighted by Crippen LogP contribution is 2.26.